The van der Waals surface area contributed by atoms with Crippen LogP contribution in [0.2, 0.25) is 0 Å². The number of methoxy groups -OCH3 is 1. The maximum absolute atomic E-state index is 5.09. The van der Waals surface area contributed by atoms with E-state index in [9.17, 15) is 0 Å². The number of nitrogens with one attached hydrogen (secondary N) is 1. The Morgan fingerprint density at radius 2 is 1.71 bits per heavy atom. The molecule has 0 atom stereocenters. The minimum absolute atomic E-state index is 0.305. The van der Waals surface area contributed by atoms with Crippen molar-refractivity contribution >= 4 is 5.69 Å². The molecule has 0 unspecified atom stereocenters. The lowest BCUT2D eigenvalue weighted by Gasteiger charge is -2.19. The van der Waals surface area contributed by atoms with Gasteiger partial charge < -0.3 is 10.1 Å². The Labute approximate surface area is 86.3 Å². The third kappa shape index (κ3) is 3.69. The summed E-state index contributed by atoms with van der Waals surface area (Å²) in [5.74, 6) is 0.895. The first-order valence-electron chi connectivity index (χ1n) is 4.89. The number of anilines is 1. The second kappa shape index (κ2) is 4.36. The van der Waals surface area contributed by atoms with E-state index in [4.69, 9.17) is 4.74 Å². The smallest absolute Gasteiger partial charge is 0.119 e. The molecule has 14 heavy (non-hydrogen) atoms. The van der Waals surface area contributed by atoms with E-state index in [1.165, 1.54) is 0 Å². The molecule has 1 rings (SSSR count). The van der Waals surface area contributed by atoms with Gasteiger partial charge in [0.25, 0.3) is 0 Å². The van der Waals surface area contributed by atoms with Crippen LogP contribution in [0.5, 0.6) is 5.75 Å². The van der Waals surface area contributed by atoms with Gasteiger partial charge in [0.2, 0.25) is 0 Å². The van der Waals surface area contributed by atoms with Crippen molar-refractivity contribution in [3.63, 3.8) is 0 Å². The van der Waals surface area contributed by atoms with Crippen LogP contribution in [-0.4, -0.2) is 13.7 Å². The summed E-state index contributed by atoms with van der Waals surface area (Å²) in [5.41, 5.74) is 1.45. The fraction of sp³-hybridized carbons (Fsp3) is 0.500. The third-order valence-corrected chi connectivity index (χ3v) is 1.91. The van der Waals surface area contributed by atoms with Crippen molar-refractivity contribution in [1.82, 2.24) is 0 Å². The van der Waals surface area contributed by atoms with E-state index >= 15 is 0 Å². The van der Waals surface area contributed by atoms with Crippen LogP contribution in [0.3, 0.4) is 0 Å². The minimum Gasteiger partial charge on any atom is -0.497 e. The largest absolute Gasteiger partial charge is 0.497 e. The lowest BCUT2D eigenvalue weighted by Crippen LogP contribution is -2.18. The van der Waals surface area contributed by atoms with Crippen LogP contribution >= 0.6 is 0 Å². The van der Waals surface area contributed by atoms with Crippen molar-refractivity contribution in [2.45, 2.75) is 20.8 Å². The van der Waals surface area contributed by atoms with Crippen LogP contribution in [0.1, 0.15) is 20.8 Å². The highest BCUT2D eigenvalue weighted by Gasteiger charge is 2.08. The zero-order valence-corrected chi connectivity index (χ0v) is 9.42. The molecular weight excluding hydrogens is 174 g/mol. The highest BCUT2D eigenvalue weighted by Crippen LogP contribution is 2.18. The first kappa shape index (κ1) is 10.9. The van der Waals surface area contributed by atoms with Crippen molar-refractivity contribution in [2.24, 2.45) is 5.41 Å². The second-order valence-electron chi connectivity index (χ2n) is 4.64. The van der Waals surface area contributed by atoms with Gasteiger partial charge in [-0.1, -0.05) is 20.8 Å². The van der Waals surface area contributed by atoms with Gasteiger partial charge in [0.1, 0.15) is 5.75 Å². The number of hydrogen-bond donors (Lipinski definition) is 1. The molecule has 0 bridgehead atoms. The van der Waals surface area contributed by atoms with E-state index in [1.807, 2.05) is 24.3 Å². The molecule has 2 heteroatoms. The molecule has 0 amide bonds. The van der Waals surface area contributed by atoms with Crippen molar-refractivity contribution in [2.75, 3.05) is 19.0 Å². The molecule has 1 aromatic carbocycles. The SMILES string of the molecule is COc1ccc(NCC(C)(C)C)cc1. The summed E-state index contributed by atoms with van der Waals surface area (Å²) in [6.45, 7) is 7.61. The molecule has 0 saturated carbocycles. The molecule has 0 aliphatic carbocycles. The number of benzene rings is 1. The summed E-state index contributed by atoms with van der Waals surface area (Å²) in [6, 6.07) is 7.99. The van der Waals surface area contributed by atoms with Crippen LogP contribution in [0.4, 0.5) is 5.69 Å². The average molecular weight is 193 g/mol. The van der Waals surface area contributed by atoms with Gasteiger partial charge >= 0.3 is 0 Å². The average Bonchev–Trinajstić information content (AvgIpc) is 2.14. The summed E-state index contributed by atoms with van der Waals surface area (Å²) < 4.78 is 5.09. The summed E-state index contributed by atoms with van der Waals surface area (Å²) >= 11 is 0. The van der Waals surface area contributed by atoms with Crippen LogP contribution in [0, 0.1) is 5.41 Å². The molecule has 0 heterocycles. The molecular formula is C12H19NO. The lowest BCUT2D eigenvalue weighted by molar-refractivity contribution is 0.415. The van der Waals surface area contributed by atoms with Gasteiger partial charge in [0, 0.05) is 12.2 Å². The predicted molar refractivity (Wildman–Crippen MR) is 60.9 cm³/mol. The van der Waals surface area contributed by atoms with E-state index in [2.05, 4.69) is 26.1 Å². The van der Waals surface area contributed by atoms with Crippen LogP contribution < -0.4 is 10.1 Å². The van der Waals surface area contributed by atoms with E-state index in [-0.39, 0.29) is 0 Å². The Balaban J connectivity index is 2.52. The van der Waals surface area contributed by atoms with Crippen LogP contribution in [-0.2, 0) is 0 Å². The van der Waals surface area contributed by atoms with Gasteiger partial charge in [-0.15, -0.1) is 0 Å². The van der Waals surface area contributed by atoms with E-state index in [1.54, 1.807) is 7.11 Å². The molecule has 0 spiro atoms. The minimum atomic E-state index is 0.305. The zero-order chi connectivity index (χ0) is 10.6. The van der Waals surface area contributed by atoms with Gasteiger partial charge in [0.05, 0.1) is 7.11 Å². The normalized spacial score (nSPS) is 11.1. The number of ether oxygens (including phenoxy) is 1. The number of rotatable bonds is 3. The van der Waals surface area contributed by atoms with Crippen LogP contribution in [0.15, 0.2) is 24.3 Å². The van der Waals surface area contributed by atoms with Gasteiger partial charge in [-0.3, -0.25) is 0 Å². The maximum atomic E-state index is 5.09. The predicted octanol–water partition coefficient (Wildman–Crippen LogP) is 3.15. The Morgan fingerprint density at radius 1 is 1.14 bits per heavy atom. The topological polar surface area (TPSA) is 21.3 Å². The van der Waals surface area contributed by atoms with Crippen molar-refractivity contribution in [3.05, 3.63) is 24.3 Å². The quantitative estimate of drug-likeness (QED) is 0.796. The van der Waals surface area contributed by atoms with Gasteiger partial charge in [-0.25, -0.2) is 0 Å². The zero-order valence-electron chi connectivity index (χ0n) is 9.42. The standard InChI is InChI=1S/C12H19NO/c1-12(2,3)9-13-10-5-7-11(14-4)8-6-10/h5-8,13H,9H2,1-4H3. The second-order valence-corrected chi connectivity index (χ2v) is 4.64. The van der Waals surface area contributed by atoms with E-state index in [0.717, 1.165) is 18.0 Å². The molecule has 0 saturated heterocycles. The third-order valence-electron chi connectivity index (χ3n) is 1.91. The maximum Gasteiger partial charge on any atom is 0.119 e. The van der Waals surface area contributed by atoms with Gasteiger partial charge in [-0.05, 0) is 29.7 Å². The fourth-order valence-corrected chi connectivity index (χ4v) is 1.08. The summed E-state index contributed by atoms with van der Waals surface area (Å²) in [5, 5.41) is 3.38. The molecule has 0 aliphatic heterocycles. The molecule has 1 N–H and O–H groups in total. The summed E-state index contributed by atoms with van der Waals surface area (Å²) in [7, 11) is 1.68. The van der Waals surface area contributed by atoms with Gasteiger partial charge in [0.15, 0.2) is 0 Å². The van der Waals surface area contributed by atoms with Gasteiger partial charge in [-0.2, -0.15) is 0 Å². The molecule has 0 aliphatic rings. The van der Waals surface area contributed by atoms with Crippen LogP contribution in [0.25, 0.3) is 0 Å². The van der Waals surface area contributed by atoms with Crippen molar-refractivity contribution in [1.29, 1.82) is 0 Å². The lowest BCUT2D eigenvalue weighted by atomic mass is 9.97. The Hall–Kier alpha value is -1.18. The molecule has 1 aromatic rings. The first-order valence-corrected chi connectivity index (χ1v) is 4.89. The molecule has 0 fully saturated rings. The highest BCUT2D eigenvalue weighted by molar-refractivity contribution is 5.46. The fourth-order valence-electron chi connectivity index (χ4n) is 1.08. The van der Waals surface area contributed by atoms with Crippen molar-refractivity contribution < 1.29 is 4.74 Å². The summed E-state index contributed by atoms with van der Waals surface area (Å²) in [6.07, 6.45) is 0. The number of hydrogen-bond acceptors (Lipinski definition) is 2. The molecule has 0 radical (unpaired) electrons. The van der Waals surface area contributed by atoms with E-state index < -0.39 is 0 Å². The molecule has 0 aromatic heterocycles. The Morgan fingerprint density at radius 3 is 2.14 bits per heavy atom. The van der Waals surface area contributed by atoms with Crippen molar-refractivity contribution in [3.8, 4) is 5.75 Å². The Bertz CT molecular complexity index is 271. The molecule has 78 valence electrons. The highest BCUT2D eigenvalue weighted by atomic mass is 16.5. The first-order chi connectivity index (χ1) is 6.51. The van der Waals surface area contributed by atoms with E-state index in [0.29, 0.717) is 5.41 Å². The monoisotopic (exact) mass is 193 g/mol. The Kier molecular flexibility index (Phi) is 3.39. The molecule has 2 nitrogen and oxygen atoms in total. The summed E-state index contributed by atoms with van der Waals surface area (Å²) in [4.78, 5) is 0.